The summed E-state index contributed by atoms with van der Waals surface area (Å²) in [5.41, 5.74) is 0.718. The Labute approximate surface area is 161 Å². The largest absolute Gasteiger partial charge is 0.755 e. The second-order valence-corrected chi connectivity index (χ2v) is 7.95. The molecule has 2 unspecified atom stereocenters. The lowest BCUT2D eigenvalue weighted by atomic mass is 10.1. The van der Waals surface area contributed by atoms with Crippen LogP contribution in [0.3, 0.4) is 0 Å². The highest BCUT2D eigenvalue weighted by Crippen LogP contribution is 2.25. The number of hydrogen-bond donors (Lipinski definition) is 1. The summed E-state index contributed by atoms with van der Waals surface area (Å²) in [5, 5.41) is 0.239. The fourth-order valence-corrected chi connectivity index (χ4v) is 4.18. The van der Waals surface area contributed by atoms with Gasteiger partial charge in [0.15, 0.2) is 0 Å². The zero-order valence-corrected chi connectivity index (χ0v) is 16.2. The third-order valence-electron chi connectivity index (χ3n) is 4.91. The van der Waals surface area contributed by atoms with Gasteiger partial charge in [0, 0.05) is 55.8 Å². The SMILES string of the molecule is C[C@H]1CN(CC2CCOC2)CCN1C(=O)c1ccc(NS(=O)[O-])cc1Cl. The summed E-state index contributed by atoms with van der Waals surface area (Å²) >= 11 is 3.78. The van der Waals surface area contributed by atoms with Gasteiger partial charge < -0.3 is 18.9 Å². The van der Waals surface area contributed by atoms with E-state index in [1.165, 1.54) is 12.1 Å². The van der Waals surface area contributed by atoms with Crippen molar-refractivity contribution in [2.45, 2.75) is 19.4 Å². The van der Waals surface area contributed by atoms with Gasteiger partial charge in [-0.05, 0) is 37.5 Å². The fourth-order valence-electron chi connectivity index (χ4n) is 3.60. The molecule has 2 fully saturated rings. The molecule has 2 saturated heterocycles. The van der Waals surface area contributed by atoms with Gasteiger partial charge in [-0.3, -0.25) is 13.9 Å². The average Bonchev–Trinajstić information content (AvgIpc) is 3.07. The maximum absolute atomic E-state index is 12.9. The number of anilines is 1. The predicted octanol–water partition coefficient (Wildman–Crippen LogP) is 1.73. The number of nitrogens with one attached hydrogen (secondary N) is 1. The Bertz CT molecular complexity index is 684. The lowest BCUT2D eigenvalue weighted by Crippen LogP contribution is -2.54. The molecule has 1 aromatic carbocycles. The van der Waals surface area contributed by atoms with Crippen LogP contribution >= 0.6 is 11.6 Å². The quantitative estimate of drug-likeness (QED) is 0.761. The molecule has 0 bridgehead atoms. The topological polar surface area (TPSA) is 84.9 Å². The minimum Gasteiger partial charge on any atom is -0.755 e. The van der Waals surface area contributed by atoms with Crippen molar-refractivity contribution in [2.24, 2.45) is 5.92 Å². The van der Waals surface area contributed by atoms with E-state index in [1.54, 1.807) is 6.07 Å². The molecular weight excluding hydrogens is 378 g/mol. The number of halogens is 1. The van der Waals surface area contributed by atoms with Crippen LogP contribution in [0.25, 0.3) is 0 Å². The van der Waals surface area contributed by atoms with Gasteiger partial charge in [-0.25, -0.2) is 0 Å². The third-order valence-corrected chi connectivity index (χ3v) is 5.63. The normalized spacial score (nSPS) is 25.3. The maximum Gasteiger partial charge on any atom is 0.255 e. The zero-order chi connectivity index (χ0) is 18.7. The molecular formula is C17H23ClN3O4S-. The molecule has 0 saturated carbocycles. The van der Waals surface area contributed by atoms with Crippen molar-refractivity contribution in [1.29, 1.82) is 0 Å². The van der Waals surface area contributed by atoms with Crippen LogP contribution in [0.1, 0.15) is 23.7 Å². The van der Waals surface area contributed by atoms with E-state index in [-0.39, 0.29) is 17.0 Å². The van der Waals surface area contributed by atoms with Gasteiger partial charge in [-0.2, -0.15) is 0 Å². The highest BCUT2D eigenvalue weighted by Gasteiger charge is 2.30. The van der Waals surface area contributed by atoms with Crippen molar-refractivity contribution in [3.05, 3.63) is 28.8 Å². The molecule has 2 heterocycles. The van der Waals surface area contributed by atoms with Crippen LogP contribution in [0.15, 0.2) is 18.2 Å². The number of carbonyl (C=O) groups is 1. The van der Waals surface area contributed by atoms with Crippen LogP contribution in [-0.2, 0) is 16.0 Å². The Balaban J connectivity index is 1.62. The molecule has 2 aliphatic heterocycles. The van der Waals surface area contributed by atoms with Crippen LogP contribution in [0.5, 0.6) is 0 Å². The standard InChI is InChI=1S/C17H24ClN3O4S/c1-12-9-20(10-13-4-7-25-11-13)5-6-21(12)17(22)15-3-2-14(8-16(15)18)19-26(23)24/h2-3,8,12-13,19H,4-7,9-11H2,1H3,(H,23,24)/p-1/t12-,13?/m0/s1. The third kappa shape index (κ3) is 4.75. The summed E-state index contributed by atoms with van der Waals surface area (Å²) in [6.07, 6.45) is 1.11. The van der Waals surface area contributed by atoms with Crippen LogP contribution in [0, 0.1) is 5.92 Å². The summed E-state index contributed by atoms with van der Waals surface area (Å²) in [6.45, 7) is 7.04. The first-order valence-electron chi connectivity index (χ1n) is 8.70. The van der Waals surface area contributed by atoms with Gasteiger partial charge in [0.25, 0.3) is 5.91 Å². The maximum atomic E-state index is 12.9. The van der Waals surface area contributed by atoms with E-state index in [0.717, 1.165) is 39.3 Å². The van der Waals surface area contributed by atoms with Gasteiger partial charge in [0.05, 0.1) is 17.2 Å². The Kier molecular flexibility index (Phi) is 6.52. The van der Waals surface area contributed by atoms with E-state index in [1.807, 2.05) is 11.8 Å². The lowest BCUT2D eigenvalue weighted by molar-refractivity contribution is 0.0452. The number of amides is 1. The molecule has 0 aliphatic carbocycles. The molecule has 26 heavy (non-hydrogen) atoms. The first-order chi connectivity index (χ1) is 12.4. The van der Waals surface area contributed by atoms with E-state index < -0.39 is 11.3 Å². The second-order valence-electron chi connectivity index (χ2n) is 6.87. The molecule has 1 N–H and O–H groups in total. The Hall–Kier alpha value is -1.19. The summed E-state index contributed by atoms with van der Waals surface area (Å²) < 4.78 is 29.1. The molecule has 1 aromatic rings. The number of ether oxygens (including phenoxy) is 1. The summed E-state index contributed by atoms with van der Waals surface area (Å²) in [7, 11) is 0. The van der Waals surface area contributed by atoms with Crippen molar-refractivity contribution >= 4 is 34.5 Å². The van der Waals surface area contributed by atoms with Crippen molar-refractivity contribution < 1.29 is 18.3 Å². The number of rotatable bonds is 5. The van der Waals surface area contributed by atoms with Gasteiger partial charge in [0.2, 0.25) is 0 Å². The molecule has 3 rings (SSSR count). The molecule has 0 aromatic heterocycles. The zero-order valence-electron chi connectivity index (χ0n) is 14.7. The summed E-state index contributed by atoms with van der Waals surface area (Å²) in [5.74, 6) is 0.464. The summed E-state index contributed by atoms with van der Waals surface area (Å²) in [4.78, 5) is 17.1. The van der Waals surface area contributed by atoms with Gasteiger partial charge >= 0.3 is 0 Å². The molecule has 9 heteroatoms. The highest BCUT2D eigenvalue weighted by molar-refractivity contribution is 7.80. The van der Waals surface area contributed by atoms with E-state index in [4.69, 9.17) is 16.3 Å². The van der Waals surface area contributed by atoms with Crippen molar-refractivity contribution in [3.63, 3.8) is 0 Å². The molecule has 7 nitrogen and oxygen atoms in total. The smallest absolute Gasteiger partial charge is 0.255 e. The van der Waals surface area contributed by atoms with Gasteiger partial charge in [-0.1, -0.05) is 11.6 Å². The Morgan fingerprint density at radius 3 is 2.88 bits per heavy atom. The van der Waals surface area contributed by atoms with E-state index in [9.17, 15) is 13.6 Å². The number of benzene rings is 1. The van der Waals surface area contributed by atoms with E-state index in [0.29, 0.717) is 23.7 Å². The second kappa shape index (κ2) is 8.67. The van der Waals surface area contributed by atoms with Crippen LogP contribution in [-0.4, -0.2) is 69.9 Å². The molecule has 0 radical (unpaired) electrons. The number of carbonyl (C=O) groups excluding carboxylic acids is 1. The van der Waals surface area contributed by atoms with Crippen LogP contribution in [0.2, 0.25) is 5.02 Å². The van der Waals surface area contributed by atoms with Crippen molar-refractivity contribution in [2.75, 3.05) is 44.1 Å². The first kappa shape index (κ1) is 19.6. The number of hydrogen-bond acceptors (Lipinski definition) is 5. The number of piperazine rings is 1. The molecule has 0 spiro atoms. The van der Waals surface area contributed by atoms with Crippen molar-refractivity contribution in [3.8, 4) is 0 Å². The lowest BCUT2D eigenvalue weighted by Gasteiger charge is -2.40. The highest BCUT2D eigenvalue weighted by atomic mass is 35.5. The molecule has 144 valence electrons. The Morgan fingerprint density at radius 2 is 2.27 bits per heavy atom. The van der Waals surface area contributed by atoms with E-state index >= 15 is 0 Å². The van der Waals surface area contributed by atoms with Crippen molar-refractivity contribution in [1.82, 2.24) is 9.80 Å². The Morgan fingerprint density at radius 1 is 1.46 bits per heavy atom. The van der Waals surface area contributed by atoms with Crippen LogP contribution < -0.4 is 4.72 Å². The van der Waals surface area contributed by atoms with Crippen LogP contribution in [0.4, 0.5) is 5.69 Å². The summed E-state index contributed by atoms with van der Waals surface area (Å²) in [6, 6.07) is 4.64. The van der Waals surface area contributed by atoms with Gasteiger partial charge in [-0.15, -0.1) is 0 Å². The minimum atomic E-state index is -2.43. The minimum absolute atomic E-state index is 0.0848. The average molecular weight is 401 g/mol. The monoisotopic (exact) mass is 400 g/mol. The number of nitrogens with zero attached hydrogens (tertiary/aromatic N) is 2. The molecule has 2 aliphatic rings. The fraction of sp³-hybridized carbons (Fsp3) is 0.588. The van der Waals surface area contributed by atoms with Gasteiger partial charge in [0.1, 0.15) is 0 Å². The first-order valence-corrected chi connectivity index (χ1v) is 10.2. The predicted molar refractivity (Wildman–Crippen MR) is 99.9 cm³/mol. The molecule has 1 amide bonds. The molecule has 3 atom stereocenters. The van der Waals surface area contributed by atoms with E-state index in [2.05, 4.69) is 9.62 Å².